The van der Waals surface area contributed by atoms with Gasteiger partial charge in [0.15, 0.2) is 0 Å². The molecule has 0 saturated heterocycles. The highest BCUT2D eigenvalue weighted by molar-refractivity contribution is 7.85. The Morgan fingerprint density at radius 2 is 1.26 bits per heavy atom. The fraction of sp³-hybridized carbons (Fsp3) is 0. The molecule has 98 valence electrons. The quantitative estimate of drug-likeness (QED) is 0.511. The second kappa shape index (κ2) is 5.17. The molecule has 0 atom stereocenters. The van der Waals surface area contributed by atoms with Crippen molar-refractivity contribution in [1.82, 2.24) is 0 Å². The molecular weight excluding hydrogens is 266 g/mol. The molecule has 7 heteroatoms. The average Bonchev–Trinajstić information content (AvgIpc) is 2.37. The van der Waals surface area contributed by atoms with E-state index in [1.807, 2.05) is 0 Å². The van der Waals surface area contributed by atoms with Crippen LogP contribution in [0.1, 0.15) is 0 Å². The van der Waals surface area contributed by atoms with Crippen LogP contribution in [-0.2, 0) is 10.1 Å². The average molecular weight is 277 g/mol. The third-order valence-corrected chi connectivity index (χ3v) is 3.18. The first kappa shape index (κ1) is 13.2. The predicted molar refractivity (Wildman–Crippen MR) is 71.3 cm³/mol. The van der Waals surface area contributed by atoms with E-state index in [0.717, 1.165) is 0 Å². The minimum atomic E-state index is -4.18. The molecule has 0 aliphatic heterocycles. The number of nitrogens with zero attached hydrogens (tertiary/aromatic N) is 2. The van der Waals surface area contributed by atoms with Crippen LogP contribution in [0.3, 0.4) is 0 Å². The van der Waals surface area contributed by atoms with E-state index in [1.54, 1.807) is 24.3 Å². The summed E-state index contributed by atoms with van der Waals surface area (Å²) in [6, 6.07) is 12.2. The standard InChI is InChI=1S/C12H11N3O3S/c13-9-1-3-10(4-2-9)14-15-11-5-7-12(8-6-11)19(16,17)18/h1-8H,13H2,(H,16,17,18)/b15-14+. The molecule has 3 N–H and O–H groups in total. The van der Waals surface area contributed by atoms with Crippen LogP contribution in [0.5, 0.6) is 0 Å². The van der Waals surface area contributed by atoms with Gasteiger partial charge < -0.3 is 5.73 Å². The van der Waals surface area contributed by atoms with Gasteiger partial charge in [-0.1, -0.05) is 0 Å². The predicted octanol–water partition coefficient (Wildman–Crippen LogP) is 2.93. The largest absolute Gasteiger partial charge is 0.399 e. The van der Waals surface area contributed by atoms with E-state index < -0.39 is 10.1 Å². The Morgan fingerprint density at radius 3 is 1.68 bits per heavy atom. The third kappa shape index (κ3) is 3.60. The van der Waals surface area contributed by atoms with Gasteiger partial charge in [-0.05, 0) is 48.5 Å². The topological polar surface area (TPSA) is 105 Å². The summed E-state index contributed by atoms with van der Waals surface area (Å²) in [5, 5.41) is 7.90. The number of anilines is 1. The van der Waals surface area contributed by atoms with Gasteiger partial charge >= 0.3 is 0 Å². The van der Waals surface area contributed by atoms with Crippen molar-refractivity contribution in [1.29, 1.82) is 0 Å². The Balaban J connectivity index is 2.18. The van der Waals surface area contributed by atoms with E-state index in [-0.39, 0.29) is 4.90 Å². The van der Waals surface area contributed by atoms with Crippen molar-refractivity contribution in [3.63, 3.8) is 0 Å². The molecule has 2 aromatic carbocycles. The van der Waals surface area contributed by atoms with E-state index in [9.17, 15) is 8.42 Å². The summed E-state index contributed by atoms with van der Waals surface area (Å²) in [4.78, 5) is -0.182. The van der Waals surface area contributed by atoms with Crippen LogP contribution < -0.4 is 5.73 Å². The molecule has 0 radical (unpaired) electrons. The molecular formula is C12H11N3O3S. The lowest BCUT2D eigenvalue weighted by molar-refractivity contribution is 0.483. The molecule has 2 aromatic rings. The molecule has 0 unspecified atom stereocenters. The number of azo groups is 1. The lowest BCUT2D eigenvalue weighted by atomic mass is 10.3. The first-order chi connectivity index (χ1) is 8.95. The van der Waals surface area contributed by atoms with Gasteiger partial charge in [0.1, 0.15) is 0 Å². The van der Waals surface area contributed by atoms with Gasteiger partial charge in [-0.3, -0.25) is 4.55 Å². The minimum Gasteiger partial charge on any atom is -0.399 e. The van der Waals surface area contributed by atoms with Crippen molar-refractivity contribution in [3.8, 4) is 0 Å². The molecule has 0 bridgehead atoms. The summed E-state index contributed by atoms with van der Waals surface area (Å²) < 4.78 is 30.5. The number of nitrogens with two attached hydrogens (primary N) is 1. The molecule has 0 aliphatic rings. The zero-order chi connectivity index (χ0) is 13.9. The van der Waals surface area contributed by atoms with E-state index in [4.69, 9.17) is 10.3 Å². The second-order valence-corrected chi connectivity index (χ2v) is 5.18. The summed E-state index contributed by atoms with van der Waals surface area (Å²) >= 11 is 0. The van der Waals surface area contributed by atoms with Gasteiger partial charge in [-0.15, -0.1) is 0 Å². The zero-order valence-electron chi connectivity index (χ0n) is 9.76. The number of benzene rings is 2. The fourth-order valence-electron chi connectivity index (χ4n) is 1.34. The highest BCUT2D eigenvalue weighted by atomic mass is 32.2. The van der Waals surface area contributed by atoms with Crippen LogP contribution >= 0.6 is 0 Å². The Hall–Kier alpha value is -2.25. The lowest BCUT2D eigenvalue weighted by Crippen LogP contribution is -1.96. The summed E-state index contributed by atoms with van der Waals surface area (Å²) in [5.74, 6) is 0. The Kier molecular flexibility index (Phi) is 3.59. The highest BCUT2D eigenvalue weighted by Crippen LogP contribution is 2.20. The van der Waals surface area contributed by atoms with E-state index in [2.05, 4.69) is 10.2 Å². The monoisotopic (exact) mass is 277 g/mol. The smallest absolute Gasteiger partial charge is 0.294 e. The molecule has 0 aliphatic carbocycles. The van der Waals surface area contributed by atoms with Gasteiger partial charge in [0.05, 0.1) is 16.3 Å². The van der Waals surface area contributed by atoms with Crippen molar-refractivity contribution in [2.75, 3.05) is 5.73 Å². The van der Waals surface area contributed by atoms with Crippen molar-refractivity contribution >= 4 is 27.2 Å². The summed E-state index contributed by atoms with van der Waals surface area (Å²) in [6.45, 7) is 0. The van der Waals surface area contributed by atoms with Crippen LogP contribution in [0.4, 0.5) is 17.1 Å². The Morgan fingerprint density at radius 1 is 0.842 bits per heavy atom. The van der Waals surface area contributed by atoms with Gasteiger partial charge in [-0.2, -0.15) is 18.6 Å². The third-order valence-electron chi connectivity index (χ3n) is 2.31. The Bertz CT molecular complexity index is 692. The number of hydrogen-bond acceptors (Lipinski definition) is 5. The molecule has 6 nitrogen and oxygen atoms in total. The SMILES string of the molecule is Nc1ccc(/N=N/c2ccc(S(=O)(=O)O)cc2)cc1. The van der Waals surface area contributed by atoms with Gasteiger partial charge in [0.2, 0.25) is 0 Å². The van der Waals surface area contributed by atoms with Crippen LogP contribution in [-0.4, -0.2) is 13.0 Å². The van der Waals surface area contributed by atoms with Crippen molar-refractivity contribution in [2.24, 2.45) is 10.2 Å². The van der Waals surface area contributed by atoms with Crippen molar-refractivity contribution in [2.45, 2.75) is 4.90 Å². The van der Waals surface area contributed by atoms with Gasteiger partial charge in [0.25, 0.3) is 10.1 Å². The van der Waals surface area contributed by atoms with Crippen LogP contribution in [0.2, 0.25) is 0 Å². The maximum Gasteiger partial charge on any atom is 0.294 e. The maximum atomic E-state index is 10.8. The van der Waals surface area contributed by atoms with E-state index in [0.29, 0.717) is 17.1 Å². The van der Waals surface area contributed by atoms with E-state index in [1.165, 1.54) is 24.3 Å². The van der Waals surface area contributed by atoms with Gasteiger partial charge in [0, 0.05) is 5.69 Å². The molecule has 0 heterocycles. The molecule has 2 rings (SSSR count). The summed E-state index contributed by atoms with van der Waals surface area (Å²) in [7, 11) is -4.18. The zero-order valence-corrected chi connectivity index (χ0v) is 10.6. The Labute approximate surface area is 110 Å². The van der Waals surface area contributed by atoms with Crippen molar-refractivity contribution < 1.29 is 13.0 Å². The van der Waals surface area contributed by atoms with Crippen LogP contribution in [0.25, 0.3) is 0 Å². The molecule has 0 spiro atoms. The molecule has 0 amide bonds. The summed E-state index contributed by atoms with van der Waals surface area (Å²) in [5.41, 5.74) is 7.28. The molecule has 0 fully saturated rings. The number of hydrogen-bond donors (Lipinski definition) is 2. The van der Waals surface area contributed by atoms with Crippen LogP contribution in [0.15, 0.2) is 63.7 Å². The highest BCUT2D eigenvalue weighted by Gasteiger charge is 2.07. The number of nitrogen functional groups attached to an aromatic ring is 1. The van der Waals surface area contributed by atoms with Crippen LogP contribution in [0, 0.1) is 0 Å². The number of rotatable bonds is 3. The van der Waals surface area contributed by atoms with Gasteiger partial charge in [-0.25, -0.2) is 0 Å². The maximum absolute atomic E-state index is 10.8. The first-order valence-electron chi connectivity index (χ1n) is 5.30. The van der Waals surface area contributed by atoms with E-state index >= 15 is 0 Å². The summed E-state index contributed by atoms with van der Waals surface area (Å²) in [6.07, 6.45) is 0. The molecule has 0 saturated carbocycles. The van der Waals surface area contributed by atoms with Crippen molar-refractivity contribution in [3.05, 3.63) is 48.5 Å². The molecule has 0 aromatic heterocycles. The minimum absolute atomic E-state index is 0.182. The first-order valence-corrected chi connectivity index (χ1v) is 6.74. The lowest BCUT2D eigenvalue weighted by Gasteiger charge is -1.97. The molecule has 19 heavy (non-hydrogen) atoms. The fourth-order valence-corrected chi connectivity index (χ4v) is 1.82. The second-order valence-electron chi connectivity index (χ2n) is 3.76. The normalized spacial score (nSPS) is 11.8.